The normalized spacial score (nSPS) is 12.9. The van der Waals surface area contributed by atoms with E-state index in [2.05, 4.69) is 59.1 Å². The number of nitrogens with one attached hydrogen (secondary N) is 1. The molecule has 0 fully saturated rings. The summed E-state index contributed by atoms with van der Waals surface area (Å²) in [5.41, 5.74) is 1.18. The molecule has 0 amide bonds. The van der Waals surface area contributed by atoms with Gasteiger partial charge in [0.15, 0.2) is 0 Å². The van der Waals surface area contributed by atoms with E-state index in [1.165, 1.54) is 19.2 Å². The topological polar surface area (TPSA) is 24.9 Å². The molecule has 92 valence electrons. The second-order valence-corrected chi connectivity index (χ2v) is 7.94. The second-order valence-electron chi connectivity index (χ2n) is 3.98. The van der Waals surface area contributed by atoms with Crippen LogP contribution in [-0.4, -0.2) is 4.98 Å². The van der Waals surface area contributed by atoms with Gasteiger partial charge < -0.3 is 5.32 Å². The first-order valence-corrected chi connectivity index (χ1v) is 7.90. The van der Waals surface area contributed by atoms with Crippen molar-refractivity contribution in [1.29, 1.82) is 0 Å². The van der Waals surface area contributed by atoms with Crippen molar-refractivity contribution >= 4 is 38.6 Å². The first-order chi connectivity index (χ1) is 8.06. The average Bonchev–Trinajstić information content (AvgIpc) is 2.81. The highest BCUT2D eigenvalue weighted by Crippen LogP contribution is 2.25. The van der Waals surface area contributed by atoms with Gasteiger partial charge in [-0.1, -0.05) is 0 Å². The van der Waals surface area contributed by atoms with E-state index < -0.39 is 0 Å². The Hall–Kier alpha value is -0.230. The van der Waals surface area contributed by atoms with E-state index in [4.69, 9.17) is 0 Å². The summed E-state index contributed by atoms with van der Waals surface area (Å²) in [5.74, 6) is 0. The highest BCUT2D eigenvalue weighted by molar-refractivity contribution is 9.11. The SMILES string of the molecule is Cc1nc(C(C)NCc2ccc(Br)s2)c(C)s1. The van der Waals surface area contributed by atoms with Crippen molar-refractivity contribution in [3.8, 4) is 0 Å². The highest BCUT2D eigenvalue weighted by atomic mass is 79.9. The maximum absolute atomic E-state index is 4.58. The molecule has 2 aromatic heterocycles. The van der Waals surface area contributed by atoms with Crippen LogP contribution >= 0.6 is 38.6 Å². The summed E-state index contributed by atoms with van der Waals surface area (Å²) >= 11 is 7.02. The maximum Gasteiger partial charge on any atom is 0.0900 e. The summed E-state index contributed by atoms with van der Waals surface area (Å²) in [5, 5.41) is 4.66. The van der Waals surface area contributed by atoms with E-state index in [1.54, 1.807) is 22.7 Å². The predicted molar refractivity (Wildman–Crippen MR) is 78.9 cm³/mol. The number of hydrogen-bond donors (Lipinski definition) is 1. The van der Waals surface area contributed by atoms with E-state index >= 15 is 0 Å². The molecule has 1 atom stereocenters. The third-order valence-electron chi connectivity index (χ3n) is 2.56. The van der Waals surface area contributed by atoms with Crippen molar-refractivity contribution in [2.24, 2.45) is 0 Å². The van der Waals surface area contributed by atoms with E-state index in [-0.39, 0.29) is 0 Å². The first kappa shape index (κ1) is 13.2. The van der Waals surface area contributed by atoms with E-state index in [0.717, 1.165) is 11.6 Å². The maximum atomic E-state index is 4.58. The number of thiazole rings is 1. The van der Waals surface area contributed by atoms with Gasteiger partial charge in [0, 0.05) is 22.3 Å². The zero-order valence-electron chi connectivity index (χ0n) is 10.1. The second kappa shape index (κ2) is 5.61. The molecule has 0 saturated heterocycles. The van der Waals surface area contributed by atoms with Crippen LogP contribution in [0.1, 0.15) is 33.4 Å². The molecular weight excluding hydrogens is 316 g/mol. The van der Waals surface area contributed by atoms with Gasteiger partial charge in [0.2, 0.25) is 0 Å². The van der Waals surface area contributed by atoms with Crippen molar-refractivity contribution in [2.45, 2.75) is 33.4 Å². The Bertz CT molecular complexity index is 504. The standard InChI is InChI=1S/C12H15BrN2S2/c1-7(12-8(2)16-9(3)15-12)14-6-10-4-5-11(13)17-10/h4-5,7,14H,6H2,1-3H3. The Kier molecular flexibility index (Phi) is 4.36. The molecule has 0 bridgehead atoms. The van der Waals surface area contributed by atoms with Crippen molar-refractivity contribution in [2.75, 3.05) is 0 Å². The molecular formula is C12H15BrN2S2. The lowest BCUT2D eigenvalue weighted by Crippen LogP contribution is -2.18. The highest BCUT2D eigenvalue weighted by Gasteiger charge is 2.12. The molecule has 0 radical (unpaired) electrons. The van der Waals surface area contributed by atoms with Crippen LogP contribution in [0.25, 0.3) is 0 Å². The lowest BCUT2D eigenvalue weighted by molar-refractivity contribution is 0.565. The minimum absolute atomic E-state index is 0.306. The quantitative estimate of drug-likeness (QED) is 0.896. The smallest absolute Gasteiger partial charge is 0.0900 e. The summed E-state index contributed by atoms with van der Waals surface area (Å²) in [6.07, 6.45) is 0. The molecule has 0 aromatic carbocycles. The molecule has 5 heteroatoms. The van der Waals surface area contributed by atoms with Crippen molar-refractivity contribution in [1.82, 2.24) is 10.3 Å². The Morgan fingerprint density at radius 2 is 2.12 bits per heavy atom. The molecule has 0 aliphatic carbocycles. The lowest BCUT2D eigenvalue weighted by Gasteiger charge is -2.11. The molecule has 0 aliphatic heterocycles. The van der Waals surface area contributed by atoms with Crippen molar-refractivity contribution < 1.29 is 0 Å². The largest absolute Gasteiger partial charge is 0.304 e. The molecule has 1 N–H and O–H groups in total. The van der Waals surface area contributed by atoms with Crippen LogP contribution in [0.15, 0.2) is 15.9 Å². The van der Waals surface area contributed by atoms with Crippen LogP contribution in [0.5, 0.6) is 0 Å². The number of hydrogen-bond acceptors (Lipinski definition) is 4. The van der Waals surface area contributed by atoms with E-state index in [9.17, 15) is 0 Å². The minimum atomic E-state index is 0.306. The van der Waals surface area contributed by atoms with Gasteiger partial charge in [-0.25, -0.2) is 4.98 Å². The van der Waals surface area contributed by atoms with Gasteiger partial charge in [0.05, 0.1) is 14.5 Å². The molecule has 2 nitrogen and oxygen atoms in total. The van der Waals surface area contributed by atoms with Crippen LogP contribution in [0, 0.1) is 13.8 Å². The summed E-state index contributed by atoms with van der Waals surface area (Å²) in [4.78, 5) is 7.23. The van der Waals surface area contributed by atoms with Gasteiger partial charge in [-0.15, -0.1) is 22.7 Å². The van der Waals surface area contributed by atoms with Gasteiger partial charge in [-0.05, 0) is 48.8 Å². The number of halogens is 1. The van der Waals surface area contributed by atoms with Crippen LogP contribution in [0.4, 0.5) is 0 Å². The number of aromatic nitrogens is 1. The first-order valence-electron chi connectivity index (χ1n) is 5.48. The Morgan fingerprint density at radius 1 is 1.35 bits per heavy atom. The minimum Gasteiger partial charge on any atom is -0.304 e. The molecule has 0 saturated carbocycles. The number of rotatable bonds is 4. The van der Waals surface area contributed by atoms with Gasteiger partial charge >= 0.3 is 0 Å². The molecule has 0 aliphatic rings. The fourth-order valence-electron chi connectivity index (χ4n) is 1.74. The zero-order valence-corrected chi connectivity index (χ0v) is 13.3. The molecule has 17 heavy (non-hydrogen) atoms. The molecule has 2 aromatic rings. The fourth-order valence-corrected chi connectivity index (χ4v) is 4.09. The van der Waals surface area contributed by atoms with Crippen molar-refractivity contribution in [3.05, 3.63) is 36.4 Å². The average molecular weight is 331 g/mol. The van der Waals surface area contributed by atoms with Crippen LogP contribution < -0.4 is 5.32 Å². The number of thiophene rings is 1. The third-order valence-corrected chi connectivity index (χ3v) is 5.09. The van der Waals surface area contributed by atoms with Crippen LogP contribution in [0.2, 0.25) is 0 Å². The predicted octanol–water partition coefficient (Wildman–Crippen LogP) is 4.43. The van der Waals surface area contributed by atoms with Crippen molar-refractivity contribution in [3.63, 3.8) is 0 Å². The summed E-state index contributed by atoms with van der Waals surface area (Å²) < 4.78 is 1.18. The van der Waals surface area contributed by atoms with Gasteiger partial charge in [-0.2, -0.15) is 0 Å². The monoisotopic (exact) mass is 330 g/mol. The van der Waals surface area contributed by atoms with Gasteiger partial charge in [0.1, 0.15) is 0 Å². The Labute approximate surface area is 118 Å². The summed E-state index contributed by atoms with van der Waals surface area (Å²) in [6.45, 7) is 7.27. The van der Waals surface area contributed by atoms with Crippen LogP contribution in [-0.2, 0) is 6.54 Å². The summed E-state index contributed by atoms with van der Waals surface area (Å²) in [6, 6.07) is 4.54. The van der Waals surface area contributed by atoms with Gasteiger partial charge in [0.25, 0.3) is 0 Å². The third kappa shape index (κ3) is 3.37. The van der Waals surface area contributed by atoms with E-state index in [0.29, 0.717) is 6.04 Å². The number of aryl methyl sites for hydroxylation is 2. The Morgan fingerprint density at radius 3 is 2.65 bits per heavy atom. The molecule has 2 rings (SSSR count). The zero-order chi connectivity index (χ0) is 12.4. The number of nitrogens with zero attached hydrogens (tertiary/aromatic N) is 1. The fraction of sp³-hybridized carbons (Fsp3) is 0.417. The van der Waals surface area contributed by atoms with E-state index in [1.807, 2.05) is 0 Å². The molecule has 1 unspecified atom stereocenters. The summed E-state index contributed by atoms with van der Waals surface area (Å²) in [7, 11) is 0. The Balaban J connectivity index is 1.97. The van der Waals surface area contributed by atoms with Gasteiger partial charge in [-0.3, -0.25) is 0 Å². The lowest BCUT2D eigenvalue weighted by atomic mass is 10.2. The molecule has 2 heterocycles. The molecule has 0 spiro atoms. The van der Waals surface area contributed by atoms with Crippen LogP contribution in [0.3, 0.4) is 0 Å².